The zero-order chi connectivity index (χ0) is 29.1. The summed E-state index contributed by atoms with van der Waals surface area (Å²) in [6.45, 7) is 0.509. The highest BCUT2D eigenvalue weighted by Gasteiger charge is 2.35. The molecule has 0 fully saturated rings. The van der Waals surface area contributed by atoms with E-state index in [-0.39, 0.29) is 23.9 Å². The van der Waals surface area contributed by atoms with E-state index in [9.17, 15) is 14.4 Å². The summed E-state index contributed by atoms with van der Waals surface area (Å²) < 4.78 is 2.05. The number of aromatic amines is 1. The third-order valence-electron chi connectivity index (χ3n) is 8.00. The number of nitrogens with one attached hydrogen (secondary N) is 1. The Kier molecular flexibility index (Phi) is 5.55. The van der Waals surface area contributed by atoms with Crippen LogP contribution in [0, 0.1) is 0 Å². The van der Waals surface area contributed by atoms with Crippen LogP contribution in [-0.2, 0) is 13.1 Å². The molecule has 8 rings (SSSR count). The van der Waals surface area contributed by atoms with Crippen molar-refractivity contribution in [3.8, 4) is 11.3 Å². The molecule has 3 aromatic heterocycles. The highest BCUT2D eigenvalue weighted by molar-refractivity contribution is 6.21. The number of nitrogens with zero attached hydrogens (tertiary/aromatic N) is 4. The number of carbonyl (C=O) groups excluding carboxylic acids is 2. The Balaban J connectivity index is 1.15. The highest BCUT2D eigenvalue weighted by Crippen LogP contribution is 2.30. The molecule has 0 saturated heterocycles. The molecule has 0 atom stereocenters. The van der Waals surface area contributed by atoms with Crippen LogP contribution < -0.4 is 5.56 Å². The van der Waals surface area contributed by atoms with Gasteiger partial charge in [-0.25, -0.2) is 4.98 Å². The quantitative estimate of drug-likeness (QED) is 0.207. The minimum absolute atomic E-state index is 0.0862. The number of rotatable bonds is 5. The number of benzene rings is 4. The summed E-state index contributed by atoms with van der Waals surface area (Å²) in [5, 5.41) is 2.99. The lowest BCUT2D eigenvalue weighted by molar-refractivity contribution is 0.0640. The molecule has 0 saturated carbocycles. The number of hydrogen-bond acceptors (Lipinski definition) is 5. The smallest absolute Gasteiger partial charge is 0.275 e. The van der Waals surface area contributed by atoms with E-state index in [1.54, 1.807) is 24.3 Å². The molecule has 7 aromatic rings. The van der Waals surface area contributed by atoms with Crippen LogP contribution in [0.5, 0.6) is 0 Å². The maximum atomic E-state index is 13.3. The lowest BCUT2D eigenvalue weighted by Crippen LogP contribution is -2.29. The Morgan fingerprint density at radius 1 is 0.628 bits per heavy atom. The van der Waals surface area contributed by atoms with Crippen LogP contribution in [0.15, 0.2) is 114 Å². The summed E-state index contributed by atoms with van der Waals surface area (Å²) in [6.07, 6.45) is 1.94. The van der Waals surface area contributed by atoms with Crippen LogP contribution in [0.4, 0.5) is 0 Å². The Morgan fingerprint density at radius 2 is 1.28 bits per heavy atom. The van der Waals surface area contributed by atoms with Crippen molar-refractivity contribution in [1.29, 1.82) is 0 Å². The van der Waals surface area contributed by atoms with Gasteiger partial charge in [0.15, 0.2) is 0 Å². The SMILES string of the molecule is O=C1c2ccccc2C(=O)N1Cc1cccc(Cn2cc(-c3nc4cc5ccccc5cc4[nH]c3=O)c3ccccc32)n1. The normalized spacial score (nSPS) is 13.0. The fraction of sp³-hybridized carbons (Fsp3) is 0.0571. The number of hydrogen-bond donors (Lipinski definition) is 1. The molecule has 43 heavy (non-hydrogen) atoms. The van der Waals surface area contributed by atoms with E-state index < -0.39 is 0 Å². The summed E-state index contributed by atoms with van der Waals surface area (Å²) in [6, 6.07) is 32.3. The van der Waals surface area contributed by atoms with Crippen LogP contribution in [0.3, 0.4) is 0 Å². The number of fused-ring (bicyclic) bond motifs is 4. The van der Waals surface area contributed by atoms with Gasteiger partial charge in [-0.2, -0.15) is 0 Å². The monoisotopic (exact) mass is 561 g/mol. The van der Waals surface area contributed by atoms with Crippen molar-refractivity contribution in [2.75, 3.05) is 0 Å². The van der Waals surface area contributed by atoms with Gasteiger partial charge < -0.3 is 9.55 Å². The highest BCUT2D eigenvalue weighted by atomic mass is 16.2. The van der Waals surface area contributed by atoms with E-state index in [1.807, 2.05) is 89.6 Å². The van der Waals surface area contributed by atoms with Crippen LogP contribution in [0.25, 0.3) is 44.0 Å². The van der Waals surface area contributed by atoms with Gasteiger partial charge in [0.25, 0.3) is 17.4 Å². The lowest BCUT2D eigenvalue weighted by Gasteiger charge is -2.14. The second-order valence-electron chi connectivity index (χ2n) is 10.7. The molecule has 1 N–H and O–H groups in total. The van der Waals surface area contributed by atoms with Crippen LogP contribution >= 0.6 is 0 Å². The van der Waals surface area contributed by atoms with Crippen molar-refractivity contribution in [2.45, 2.75) is 13.1 Å². The lowest BCUT2D eigenvalue weighted by atomic mass is 10.1. The summed E-state index contributed by atoms with van der Waals surface area (Å²) in [5.41, 5.74) is 5.37. The number of pyridine rings is 1. The topological polar surface area (TPSA) is 101 Å². The minimum Gasteiger partial charge on any atom is -0.341 e. The van der Waals surface area contributed by atoms with E-state index in [1.165, 1.54) is 4.90 Å². The Labute approximate surface area is 244 Å². The first kappa shape index (κ1) is 24.9. The van der Waals surface area contributed by atoms with Crippen molar-refractivity contribution in [3.05, 3.63) is 142 Å². The Morgan fingerprint density at radius 3 is 2.05 bits per heavy atom. The van der Waals surface area contributed by atoms with Gasteiger partial charge >= 0.3 is 0 Å². The van der Waals surface area contributed by atoms with E-state index >= 15 is 0 Å². The van der Waals surface area contributed by atoms with Gasteiger partial charge in [0.1, 0.15) is 5.69 Å². The molecule has 0 aliphatic carbocycles. The van der Waals surface area contributed by atoms with Crippen LogP contribution in [0.2, 0.25) is 0 Å². The Hall–Kier alpha value is -5.89. The zero-order valence-corrected chi connectivity index (χ0v) is 22.8. The predicted octanol–water partition coefficient (Wildman–Crippen LogP) is 5.94. The van der Waals surface area contributed by atoms with Crippen molar-refractivity contribution in [2.24, 2.45) is 0 Å². The molecule has 8 heteroatoms. The van der Waals surface area contributed by atoms with Crippen molar-refractivity contribution in [1.82, 2.24) is 24.4 Å². The molecule has 4 aromatic carbocycles. The van der Waals surface area contributed by atoms with Crippen molar-refractivity contribution < 1.29 is 9.59 Å². The first-order valence-electron chi connectivity index (χ1n) is 13.9. The predicted molar refractivity (Wildman–Crippen MR) is 165 cm³/mol. The largest absolute Gasteiger partial charge is 0.341 e. The average Bonchev–Trinajstić information content (AvgIpc) is 3.50. The molecule has 1 aliphatic heterocycles. The van der Waals surface area contributed by atoms with Crippen molar-refractivity contribution in [3.63, 3.8) is 0 Å². The molecular weight excluding hydrogens is 538 g/mol. The van der Waals surface area contributed by atoms with Crippen LogP contribution in [-0.4, -0.2) is 36.2 Å². The second kappa shape index (κ2) is 9.60. The molecule has 8 nitrogen and oxygen atoms in total. The number of imide groups is 1. The second-order valence-corrected chi connectivity index (χ2v) is 10.7. The van der Waals surface area contributed by atoms with Gasteiger partial charge in [-0.15, -0.1) is 0 Å². The zero-order valence-electron chi connectivity index (χ0n) is 22.8. The molecule has 4 heterocycles. The summed E-state index contributed by atoms with van der Waals surface area (Å²) in [4.78, 5) is 53.0. The molecular formula is C35H23N5O3. The maximum absolute atomic E-state index is 13.3. The fourth-order valence-electron chi connectivity index (χ4n) is 5.95. The maximum Gasteiger partial charge on any atom is 0.275 e. The summed E-state index contributed by atoms with van der Waals surface area (Å²) in [5.74, 6) is -0.620. The van der Waals surface area contributed by atoms with Crippen molar-refractivity contribution >= 4 is 44.5 Å². The number of para-hydroxylation sites is 1. The van der Waals surface area contributed by atoms with Gasteiger partial charge in [0.05, 0.1) is 46.6 Å². The van der Waals surface area contributed by atoms with E-state index in [0.29, 0.717) is 40.1 Å². The molecule has 206 valence electrons. The first-order valence-corrected chi connectivity index (χ1v) is 13.9. The average molecular weight is 562 g/mol. The van der Waals surface area contributed by atoms with Gasteiger partial charge in [-0.05, 0) is 53.2 Å². The number of carbonyl (C=O) groups is 2. The molecule has 1 aliphatic rings. The third-order valence-corrected chi connectivity index (χ3v) is 8.00. The standard InChI is InChI=1S/C35H23N5O3/c41-33-32(37-29-16-21-8-1-2-9-22(21)17-30(29)38-33)28-20-39(31-15-6-5-12-25(28)31)18-23-10-7-11-24(36-23)19-40-34(42)26-13-3-4-14-27(26)35(40)43/h1-17,20H,18-19H2,(H,38,41). The molecule has 0 spiro atoms. The summed E-state index contributed by atoms with van der Waals surface area (Å²) >= 11 is 0. The van der Waals surface area contributed by atoms with Gasteiger partial charge in [-0.1, -0.05) is 60.7 Å². The fourth-order valence-corrected chi connectivity index (χ4v) is 5.95. The Bertz CT molecular complexity index is 2300. The van der Waals surface area contributed by atoms with Gasteiger partial charge in [0, 0.05) is 22.7 Å². The first-order chi connectivity index (χ1) is 21.0. The number of amides is 2. The molecule has 0 bridgehead atoms. The van der Waals surface area contributed by atoms with E-state index in [0.717, 1.165) is 32.9 Å². The molecule has 2 amide bonds. The van der Waals surface area contributed by atoms with E-state index in [4.69, 9.17) is 9.97 Å². The molecule has 0 radical (unpaired) electrons. The summed E-state index contributed by atoms with van der Waals surface area (Å²) in [7, 11) is 0. The molecule has 0 unspecified atom stereocenters. The number of H-pyrrole nitrogens is 1. The van der Waals surface area contributed by atoms with Gasteiger partial charge in [0.2, 0.25) is 0 Å². The van der Waals surface area contributed by atoms with Gasteiger partial charge in [-0.3, -0.25) is 24.3 Å². The number of aromatic nitrogens is 4. The van der Waals surface area contributed by atoms with E-state index in [2.05, 4.69) is 4.98 Å². The van der Waals surface area contributed by atoms with Crippen LogP contribution in [0.1, 0.15) is 32.1 Å². The minimum atomic E-state index is -0.310. The third kappa shape index (κ3) is 4.11.